The van der Waals surface area contributed by atoms with Gasteiger partial charge in [-0.25, -0.2) is 13.1 Å². The molecule has 0 unspecified atom stereocenters. The van der Waals surface area contributed by atoms with Gasteiger partial charge in [-0.1, -0.05) is 13.8 Å². The summed E-state index contributed by atoms with van der Waals surface area (Å²) >= 11 is 1.27. The molecule has 4 nitrogen and oxygen atoms in total. The molecule has 1 rings (SSSR count). The Balaban J connectivity index is 2.85. The quantitative estimate of drug-likeness (QED) is 0.814. The Morgan fingerprint density at radius 3 is 2.56 bits per heavy atom. The molecule has 0 bridgehead atoms. The van der Waals surface area contributed by atoms with Crippen LogP contribution in [0.3, 0.4) is 0 Å². The van der Waals surface area contributed by atoms with Crippen LogP contribution >= 0.6 is 11.3 Å². The van der Waals surface area contributed by atoms with Gasteiger partial charge in [0.15, 0.2) is 0 Å². The van der Waals surface area contributed by atoms with E-state index < -0.39 is 16.1 Å². The van der Waals surface area contributed by atoms with Gasteiger partial charge in [0, 0.05) is 10.9 Å². The number of nitrogens with one attached hydrogen (secondary N) is 1. The van der Waals surface area contributed by atoms with Gasteiger partial charge < -0.3 is 5.11 Å². The van der Waals surface area contributed by atoms with Gasteiger partial charge in [-0.05, 0) is 25.0 Å². The molecule has 0 aliphatic heterocycles. The Morgan fingerprint density at radius 1 is 1.44 bits per heavy atom. The first-order chi connectivity index (χ1) is 7.53. The van der Waals surface area contributed by atoms with Crippen molar-refractivity contribution in [3.63, 3.8) is 0 Å². The Morgan fingerprint density at radius 2 is 2.12 bits per heavy atom. The van der Waals surface area contributed by atoms with Crippen molar-refractivity contribution >= 4 is 21.4 Å². The fourth-order valence-electron chi connectivity index (χ4n) is 1.22. The minimum atomic E-state index is -3.46. The van der Waals surface area contributed by atoms with Crippen molar-refractivity contribution in [2.75, 3.05) is 6.61 Å². The zero-order chi connectivity index (χ0) is 12.2. The number of rotatable bonds is 6. The van der Waals surface area contributed by atoms with Crippen LogP contribution in [0.25, 0.3) is 0 Å². The smallest absolute Gasteiger partial charge is 0.250 e. The van der Waals surface area contributed by atoms with Crippen molar-refractivity contribution in [1.29, 1.82) is 0 Å². The number of sulfonamides is 1. The van der Waals surface area contributed by atoms with Gasteiger partial charge in [0.1, 0.15) is 4.21 Å². The molecule has 0 aliphatic rings. The Kier molecular flexibility index (Phi) is 4.91. The van der Waals surface area contributed by atoms with Crippen LogP contribution in [0, 0.1) is 0 Å². The SMILES string of the molecule is CCc1ccc(S(=O)(=O)N[C@@H](CC)CO)s1. The standard InChI is InChI=1S/C10H17NO3S2/c1-3-8(7-12)11-16(13,14)10-6-5-9(4-2)15-10/h5-6,8,11-12H,3-4,7H2,1-2H3/t8-/m0/s1. The lowest BCUT2D eigenvalue weighted by Crippen LogP contribution is -2.36. The van der Waals surface area contributed by atoms with Crippen LogP contribution in [0.5, 0.6) is 0 Å². The predicted molar refractivity (Wildman–Crippen MR) is 65.2 cm³/mol. The second kappa shape index (κ2) is 5.77. The van der Waals surface area contributed by atoms with Crippen molar-refractivity contribution in [1.82, 2.24) is 4.72 Å². The molecule has 2 N–H and O–H groups in total. The number of aliphatic hydroxyl groups excluding tert-OH is 1. The lowest BCUT2D eigenvalue weighted by Gasteiger charge is -2.12. The average Bonchev–Trinajstić information content (AvgIpc) is 2.75. The summed E-state index contributed by atoms with van der Waals surface area (Å²) in [5.41, 5.74) is 0. The van der Waals surface area contributed by atoms with E-state index in [9.17, 15) is 8.42 Å². The molecule has 92 valence electrons. The normalized spacial score (nSPS) is 13.9. The molecule has 1 aromatic rings. The van der Waals surface area contributed by atoms with E-state index in [0.717, 1.165) is 11.3 Å². The van der Waals surface area contributed by atoms with E-state index in [1.807, 2.05) is 19.9 Å². The summed E-state index contributed by atoms with van der Waals surface area (Å²) in [5.74, 6) is 0. The van der Waals surface area contributed by atoms with E-state index >= 15 is 0 Å². The maximum Gasteiger partial charge on any atom is 0.250 e. The number of aryl methyl sites for hydroxylation is 1. The third kappa shape index (κ3) is 3.28. The third-order valence-electron chi connectivity index (χ3n) is 2.29. The van der Waals surface area contributed by atoms with E-state index in [1.54, 1.807) is 6.07 Å². The van der Waals surface area contributed by atoms with Crippen molar-refractivity contribution in [2.24, 2.45) is 0 Å². The van der Waals surface area contributed by atoms with Gasteiger partial charge in [-0.15, -0.1) is 11.3 Å². The van der Waals surface area contributed by atoms with Crippen LogP contribution < -0.4 is 4.72 Å². The summed E-state index contributed by atoms with van der Waals surface area (Å²) in [4.78, 5) is 1.04. The van der Waals surface area contributed by atoms with Crippen LogP contribution in [0.4, 0.5) is 0 Å². The van der Waals surface area contributed by atoms with E-state index in [-0.39, 0.29) is 6.61 Å². The zero-order valence-corrected chi connectivity index (χ0v) is 11.1. The molecule has 0 radical (unpaired) electrons. The van der Waals surface area contributed by atoms with Crippen molar-refractivity contribution < 1.29 is 13.5 Å². The van der Waals surface area contributed by atoms with E-state index in [4.69, 9.17) is 5.11 Å². The van der Waals surface area contributed by atoms with Crippen LogP contribution in [0.2, 0.25) is 0 Å². The second-order valence-electron chi connectivity index (χ2n) is 3.48. The number of aliphatic hydroxyl groups is 1. The molecule has 1 atom stereocenters. The Bertz CT molecular complexity index is 421. The summed E-state index contributed by atoms with van der Waals surface area (Å²) in [5, 5.41) is 8.96. The van der Waals surface area contributed by atoms with Gasteiger partial charge in [0.05, 0.1) is 6.61 Å². The van der Waals surface area contributed by atoms with Gasteiger partial charge in [0.25, 0.3) is 0 Å². The van der Waals surface area contributed by atoms with E-state index in [1.165, 1.54) is 11.3 Å². The highest BCUT2D eigenvalue weighted by atomic mass is 32.2. The van der Waals surface area contributed by atoms with Crippen LogP contribution in [-0.4, -0.2) is 26.2 Å². The molecular weight excluding hydrogens is 246 g/mol. The predicted octanol–water partition coefficient (Wildman–Crippen LogP) is 1.36. The van der Waals surface area contributed by atoms with E-state index in [0.29, 0.717) is 10.6 Å². The summed E-state index contributed by atoms with van der Waals surface area (Å²) < 4.78 is 26.6. The van der Waals surface area contributed by atoms with Crippen LogP contribution in [-0.2, 0) is 16.4 Å². The molecule has 0 aliphatic carbocycles. The van der Waals surface area contributed by atoms with Gasteiger partial charge in [-0.3, -0.25) is 0 Å². The minimum absolute atomic E-state index is 0.179. The first-order valence-corrected chi connectivity index (χ1v) is 7.55. The van der Waals surface area contributed by atoms with Crippen molar-refractivity contribution in [3.8, 4) is 0 Å². The fourth-order valence-corrected chi connectivity index (χ4v) is 3.84. The zero-order valence-electron chi connectivity index (χ0n) is 9.43. The second-order valence-corrected chi connectivity index (χ2v) is 6.59. The highest BCUT2D eigenvalue weighted by Gasteiger charge is 2.20. The molecule has 16 heavy (non-hydrogen) atoms. The summed E-state index contributed by atoms with van der Waals surface area (Å²) in [6, 6.07) is 3.02. The van der Waals surface area contributed by atoms with Gasteiger partial charge in [0.2, 0.25) is 10.0 Å². The van der Waals surface area contributed by atoms with Gasteiger partial charge >= 0.3 is 0 Å². The van der Waals surface area contributed by atoms with E-state index in [2.05, 4.69) is 4.72 Å². The third-order valence-corrected chi connectivity index (χ3v) is 5.53. The molecular formula is C10H17NO3S2. The number of thiophene rings is 1. The first-order valence-electron chi connectivity index (χ1n) is 5.25. The molecule has 0 fully saturated rings. The van der Waals surface area contributed by atoms with Crippen molar-refractivity contribution in [2.45, 2.75) is 36.9 Å². The monoisotopic (exact) mass is 263 g/mol. The minimum Gasteiger partial charge on any atom is -0.395 e. The molecule has 0 spiro atoms. The Labute approximate surface area is 100 Å². The lowest BCUT2D eigenvalue weighted by atomic mass is 10.3. The maximum absolute atomic E-state index is 11.9. The Hall–Kier alpha value is -0.430. The molecule has 0 saturated heterocycles. The molecule has 1 heterocycles. The highest BCUT2D eigenvalue weighted by molar-refractivity contribution is 7.91. The average molecular weight is 263 g/mol. The number of hydrogen-bond acceptors (Lipinski definition) is 4. The summed E-state index contributed by atoms with van der Waals surface area (Å²) in [6.45, 7) is 3.63. The molecule has 0 amide bonds. The van der Waals surface area contributed by atoms with Crippen LogP contribution in [0.15, 0.2) is 16.3 Å². The summed E-state index contributed by atoms with van der Waals surface area (Å²) in [7, 11) is -3.46. The van der Waals surface area contributed by atoms with Crippen molar-refractivity contribution in [3.05, 3.63) is 17.0 Å². The largest absolute Gasteiger partial charge is 0.395 e. The molecule has 0 saturated carbocycles. The topological polar surface area (TPSA) is 66.4 Å². The fraction of sp³-hybridized carbons (Fsp3) is 0.600. The molecule has 1 aromatic heterocycles. The van der Waals surface area contributed by atoms with Crippen LogP contribution in [0.1, 0.15) is 25.1 Å². The summed E-state index contributed by atoms with van der Waals surface area (Å²) in [6.07, 6.45) is 1.40. The first kappa shape index (κ1) is 13.6. The number of hydrogen-bond donors (Lipinski definition) is 2. The van der Waals surface area contributed by atoms with Gasteiger partial charge in [-0.2, -0.15) is 0 Å². The highest BCUT2D eigenvalue weighted by Crippen LogP contribution is 2.22. The molecule has 0 aromatic carbocycles. The maximum atomic E-state index is 11.9. The lowest BCUT2D eigenvalue weighted by molar-refractivity contribution is 0.254. The molecule has 6 heteroatoms.